The molecule has 40 heavy (non-hydrogen) atoms. The number of hydrogen-bond acceptors (Lipinski definition) is 7. The number of benzene rings is 1. The van der Waals surface area contributed by atoms with E-state index in [1.54, 1.807) is 0 Å². The van der Waals surface area contributed by atoms with Gasteiger partial charge in [0.1, 0.15) is 23.6 Å². The smallest absolute Gasteiger partial charge is 0.239 e. The number of allylic oxidation sites excluding steroid dienone is 2. The third-order valence-electron chi connectivity index (χ3n) is 12.2. The first-order valence-electron chi connectivity index (χ1n) is 14.7. The van der Waals surface area contributed by atoms with Crippen LogP contribution in [0, 0.1) is 34.5 Å². The lowest BCUT2D eigenvalue weighted by Gasteiger charge is -2.64. The van der Waals surface area contributed by atoms with E-state index in [2.05, 4.69) is 26.1 Å². The Balaban J connectivity index is 1.18. The fraction of sp³-hybridized carbons (Fsp3) is 0.677. The van der Waals surface area contributed by atoms with Crippen molar-refractivity contribution in [2.45, 2.75) is 76.0 Å². The van der Waals surface area contributed by atoms with Gasteiger partial charge in [0.15, 0.2) is 19.8 Å². The Morgan fingerprint density at radius 2 is 1.95 bits per heavy atom. The van der Waals surface area contributed by atoms with Crippen LogP contribution in [0.4, 0.5) is 15.8 Å². The fourth-order valence-electron chi connectivity index (χ4n) is 10.6. The van der Waals surface area contributed by atoms with Crippen molar-refractivity contribution in [1.82, 2.24) is 0 Å². The molecule has 2 saturated heterocycles. The molecule has 0 amide bonds. The maximum absolute atomic E-state index is 18.1. The third-order valence-corrected chi connectivity index (χ3v) is 12.2. The van der Waals surface area contributed by atoms with Gasteiger partial charge in [-0.25, -0.2) is 4.39 Å². The number of rotatable bonds is 1. The number of fused-ring (bicyclic) bond motifs is 8. The van der Waals surface area contributed by atoms with Gasteiger partial charge in [-0.2, -0.15) is 0 Å². The molecule has 3 aliphatic heterocycles. The van der Waals surface area contributed by atoms with Crippen LogP contribution in [0.25, 0.3) is 0 Å². The van der Waals surface area contributed by atoms with Crippen LogP contribution in [0.3, 0.4) is 0 Å². The third kappa shape index (κ3) is 2.79. The minimum atomic E-state index is -1.77. The molecule has 4 aliphatic carbocycles. The van der Waals surface area contributed by atoms with Crippen molar-refractivity contribution in [2.24, 2.45) is 39.6 Å². The van der Waals surface area contributed by atoms with Gasteiger partial charge in [0.05, 0.1) is 12.0 Å². The Morgan fingerprint density at radius 1 is 1.12 bits per heavy atom. The zero-order valence-electron chi connectivity index (χ0n) is 23.4. The van der Waals surface area contributed by atoms with E-state index in [-0.39, 0.29) is 50.3 Å². The Kier molecular flexibility index (Phi) is 5.11. The number of hydrogen-bond donors (Lipinski definition) is 2. The highest BCUT2D eigenvalue weighted by Crippen LogP contribution is 2.74. The monoisotopic (exact) mass is 552 g/mol. The van der Waals surface area contributed by atoms with Crippen LogP contribution in [0.15, 0.2) is 41.0 Å². The molecular formula is C31H39FN3O5+. The van der Waals surface area contributed by atoms with Crippen LogP contribution in [-0.2, 0) is 18.9 Å². The maximum atomic E-state index is 18.1. The number of alkyl halides is 1. The second kappa shape index (κ2) is 8.01. The summed E-state index contributed by atoms with van der Waals surface area (Å²) in [6, 6.07) is 7.65. The summed E-state index contributed by atoms with van der Waals surface area (Å²) in [6.07, 6.45) is 6.18. The Labute approximate surface area is 234 Å². The molecule has 1 aromatic rings. The van der Waals surface area contributed by atoms with Crippen LogP contribution in [0.1, 0.15) is 52.9 Å². The van der Waals surface area contributed by atoms with Crippen LogP contribution >= 0.6 is 0 Å². The summed E-state index contributed by atoms with van der Waals surface area (Å²) >= 11 is 0. The minimum Gasteiger partial charge on any atom is -0.399 e. The van der Waals surface area contributed by atoms with Gasteiger partial charge in [-0.05, 0) is 56.1 Å². The molecule has 7 aliphatic rings. The topological polar surface area (TPSA) is 98.5 Å². The van der Waals surface area contributed by atoms with E-state index in [1.165, 1.54) is 0 Å². The molecular weight excluding hydrogens is 513 g/mol. The summed E-state index contributed by atoms with van der Waals surface area (Å²) < 4.78 is 44.5. The first-order chi connectivity index (χ1) is 19.1. The Hall–Kier alpha value is -2.17. The van der Waals surface area contributed by atoms with E-state index in [1.807, 2.05) is 35.9 Å². The molecule has 1 aromatic carbocycles. The number of nitrogen functional groups attached to an aromatic ring is 1. The first-order valence-corrected chi connectivity index (χ1v) is 14.7. The maximum Gasteiger partial charge on any atom is 0.239 e. The van der Waals surface area contributed by atoms with Crippen molar-refractivity contribution in [3.8, 4) is 0 Å². The van der Waals surface area contributed by atoms with Crippen molar-refractivity contribution >= 4 is 23.3 Å². The molecule has 8 nitrogen and oxygen atoms in total. The Bertz CT molecular complexity index is 1370. The average molecular weight is 553 g/mol. The fourth-order valence-corrected chi connectivity index (χ4v) is 10.6. The van der Waals surface area contributed by atoms with Gasteiger partial charge in [-0.15, -0.1) is 0 Å². The largest absolute Gasteiger partial charge is 0.399 e. The number of nitrogens with two attached hydrogens (primary N) is 1. The average Bonchev–Trinajstić information content (AvgIpc) is 3.69. The van der Waals surface area contributed by atoms with Crippen LogP contribution < -0.4 is 5.73 Å². The zero-order chi connectivity index (χ0) is 27.7. The van der Waals surface area contributed by atoms with Crippen molar-refractivity contribution in [1.29, 1.82) is 0 Å². The lowest BCUT2D eigenvalue weighted by Crippen LogP contribution is -2.72. The lowest BCUT2D eigenvalue weighted by atomic mass is 9.43. The summed E-state index contributed by atoms with van der Waals surface area (Å²) in [6.45, 7) is 6.95. The molecule has 0 bridgehead atoms. The standard InChI is InChI=1S/C31H39FN3O5/c1-18-9-24-23-8-7-20-10-25-19(14-35(34-25)22-6-4-5-21(33)11-22)12-27(20,2)30(23,32)26(36)13-28(24,3)31(18)29(39-17-40-31)15-37-16-38-29/h4-6,10-11,14,18-19,23-24,26,36H,7-9,12-13,15-17,33H2,1-3H3/q+1/t18-,19?,23-,24-,26-,27-,28-,29?,30-,31+/m0/s1. The van der Waals surface area contributed by atoms with Crippen molar-refractivity contribution in [2.75, 3.05) is 25.9 Å². The molecule has 2 unspecified atom stereocenters. The predicted molar refractivity (Wildman–Crippen MR) is 146 cm³/mol. The van der Waals surface area contributed by atoms with E-state index >= 15 is 4.39 Å². The number of aliphatic hydroxyl groups excluding tert-OH is 1. The van der Waals surface area contributed by atoms with E-state index in [0.717, 1.165) is 29.8 Å². The van der Waals surface area contributed by atoms with Gasteiger partial charge in [-0.1, -0.05) is 37.1 Å². The summed E-state index contributed by atoms with van der Waals surface area (Å²) in [7, 11) is 0. The molecule has 0 radical (unpaired) electrons. The molecule has 214 valence electrons. The number of anilines is 1. The second-order valence-electron chi connectivity index (χ2n) is 13.7. The van der Waals surface area contributed by atoms with Gasteiger partial charge in [0.25, 0.3) is 0 Å². The molecule has 2 spiro atoms. The van der Waals surface area contributed by atoms with Gasteiger partial charge in [-0.3, -0.25) is 0 Å². The quantitative estimate of drug-likeness (QED) is 0.398. The number of aliphatic hydroxyl groups is 1. The summed E-state index contributed by atoms with van der Waals surface area (Å²) in [5.41, 5.74) is 5.72. The molecule has 9 heteroatoms. The van der Waals surface area contributed by atoms with Crippen molar-refractivity contribution in [3.63, 3.8) is 0 Å². The molecule has 0 aromatic heterocycles. The van der Waals surface area contributed by atoms with Gasteiger partial charge in [0, 0.05) is 39.7 Å². The van der Waals surface area contributed by atoms with Crippen LogP contribution in [0.2, 0.25) is 0 Å². The van der Waals surface area contributed by atoms with E-state index < -0.39 is 34.0 Å². The van der Waals surface area contributed by atoms with Gasteiger partial charge in [0.2, 0.25) is 11.5 Å². The predicted octanol–water partition coefficient (Wildman–Crippen LogP) is 4.29. The van der Waals surface area contributed by atoms with Crippen LogP contribution in [0.5, 0.6) is 0 Å². The molecule has 8 rings (SSSR count). The minimum absolute atomic E-state index is 0.0171. The normalized spacial score (nSPS) is 50.7. The number of ether oxygens (including phenoxy) is 4. The molecule has 3 N–H and O–H groups in total. The highest BCUT2D eigenvalue weighted by atomic mass is 19.1. The van der Waals surface area contributed by atoms with Gasteiger partial charge >= 0.3 is 0 Å². The highest BCUT2D eigenvalue weighted by molar-refractivity contribution is 6.08. The molecule has 10 atom stereocenters. The Morgan fingerprint density at radius 3 is 2.73 bits per heavy atom. The number of hydrazone groups is 1. The first kappa shape index (κ1) is 25.5. The molecule has 5 fully saturated rings. The number of halogens is 1. The lowest BCUT2D eigenvalue weighted by molar-refractivity contribution is -0.437. The highest BCUT2D eigenvalue weighted by Gasteiger charge is 2.81. The molecule has 3 heterocycles. The SMILES string of the molecule is C[C@H]1C[C@H]2[C@@H]3CCC4=CC5=N[N+](c6cccc(N)c6)=CC5C[C@]4(C)[C@@]3(F)[C@@H](O)C[C@]2(C)[C@]12OCOC21COCO1. The van der Waals surface area contributed by atoms with Crippen LogP contribution in [-0.4, -0.2) is 65.1 Å². The van der Waals surface area contributed by atoms with E-state index in [0.29, 0.717) is 18.5 Å². The van der Waals surface area contributed by atoms with Crippen molar-refractivity contribution < 1.29 is 33.1 Å². The van der Waals surface area contributed by atoms with E-state index in [9.17, 15) is 5.11 Å². The molecule has 3 saturated carbocycles. The zero-order valence-corrected chi connectivity index (χ0v) is 23.4. The number of nitrogens with zero attached hydrogens (tertiary/aromatic N) is 2. The second-order valence-corrected chi connectivity index (χ2v) is 13.7. The summed E-state index contributed by atoms with van der Waals surface area (Å²) in [5.74, 6) is -1.28. The van der Waals surface area contributed by atoms with Gasteiger partial charge < -0.3 is 29.8 Å². The van der Waals surface area contributed by atoms with E-state index in [4.69, 9.17) is 29.8 Å². The van der Waals surface area contributed by atoms with Crippen molar-refractivity contribution in [3.05, 3.63) is 35.9 Å². The summed E-state index contributed by atoms with van der Waals surface area (Å²) in [4.78, 5) is 0. The summed E-state index contributed by atoms with van der Waals surface area (Å²) in [5, 5.41) is 16.9.